The number of pyridine rings is 1. The molecule has 1 aromatic heterocycles. The van der Waals surface area contributed by atoms with E-state index in [1.165, 1.54) is 23.4 Å². The highest BCUT2D eigenvalue weighted by Crippen LogP contribution is 2.21. The van der Waals surface area contributed by atoms with Crippen LogP contribution in [0, 0.1) is 0 Å². The molecule has 1 aliphatic rings. The predicted molar refractivity (Wildman–Crippen MR) is 126 cm³/mol. The van der Waals surface area contributed by atoms with Crippen molar-refractivity contribution < 1.29 is 9.59 Å². The van der Waals surface area contributed by atoms with Gasteiger partial charge < -0.3 is 21.7 Å². The molecule has 4 rings (SSSR count). The number of carbonyl (C=O) groups excluding carboxylic acids is 2. The van der Waals surface area contributed by atoms with E-state index in [-0.39, 0.29) is 17.5 Å². The Kier molecular flexibility index (Phi) is 6.69. The molecule has 162 valence electrons. The van der Waals surface area contributed by atoms with Crippen LogP contribution in [0.25, 0.3) is 5.57 Å². The molecule has 0 saturated carbocycles. The van der Waals surface area contributed by atoms with Crippen LogP contribution in [0.3, 0.4) is 0 Å². The van der Waals surface area contributed by atoms with Gasteiger partial charge in [0.1, 0.15) is 5.69 Å². The van der Waals surface area contributed by atoms with Crippen molar-refractivity contribution >= 4 is 28.8 Å². The van der Waals surface area contributed by atoms with E-state index in [9.17, 15) is 9.59 Å². The molecule has 0 fully saturated rings. The highest BCUT2D eigenvalue weighted by atomic mass is 16.2. The van der Waals surface area contributed by atoms with Crippen molar-refractivity contribution in [2.75, 3.05) is 23.7 Å². The first-order chi connectivity index (χ1) is 15.6. The number of hydrogen-bond donors (Lipinski definition) is 4. The summed E-state index contributed by atoms with van der Waals surface area (Å²) in [6, 6.07) is 18.2. The van der Waals surface area contributed by atoms with Crippen LogP contribution in [0.4, 0.5) is 11.4 Å². The lowest BCUT2D eigenvalue weighted by Gasteiger charge is -2.14. The number of rotatable bonds is 6. The van der Waals surface area contributed by atoms with Crippen LogP contribution in [-0.2, 0) is 6.54 Å². The lowest BCUT2D eigenvalue weighted by Crippen LogP contribution is -2.20. The Hall–Kier alpha value is -3.81. The van der Waals surface area contributed by atoms with Crippen molar-refractivity contribution in [2.24, 2.45) is 5.73 Å². The number of aromatic nitrogens is 1. The number of carbonyl (C=O) groups is 2. The van der Waals surface area contributed by atoms with Gasteiger partial charge in [-0.05, 0) is 66.1 Å². The number of hydrogen-bond acceptors (Lipinski definition) is 5. The van der Waals surface area contributed by atoms with Gasteiger partial charge in [0.25, 0.3) is 11.8 Å². The highest BCUT2D eigenvalue weighted by Gasteiger charge is 2.12. The summed E-state index contributed by atoms with van der Waals surface area (Å²) in [5.41, 5.74) is 11.0. The SMILES string of the molecule is NCc1ccc(NC(=O)c2ccc(C(=O)Nc3ccc(C4=CCNCC4)cc3)cn2)cc1. The molecule has 1 aliphatic heterocycles. The van der Waals surface area contributed by atoms with Crippen LogP contribution in [0.15, 0.2) is 72.9 Å². The minimum atomic E-state index is -0.347. The maximum absolute atomic E-state index is 12.6. The number of nitrogens with two attached hydrogens (primary N) is 1. The lowest BCUT2D eigenvalue weighted by molar-refractivity contribution is 0.101. The maximum atomic E-state index is 12.6. The topological polar surface area (TPSA) is 109 Å². The third-order valence-corrected chi connectivity index (χ3v) is 5.28. The molecule has 0 bridgehead atoms. The Morgan fingerprint density at radius 2 is 1.59 bits per heavy atom. The maximum Gasteiger partial charge on any atom is 0.274 e. The summed E-state index contributed by atoms with van der Waals surface area (Å²) in [6.07, 6.45) is 4.59. The second-order valence-corrected chi connectivity index (χ2v) is 7.50. The van der Waals surface area contributed by atoms with Crippen molar-refractivity contribution in [1.82, 2.24) is 10.3 Å². The zero-order valence-corrected chi connectivity index (χ0v) is 17.6. The molecule has 32 heavy (non-hydrogen) atoms. The molecular weight excluding hydrogens is 402 g/mol. The van der Waals surface area contributed by atoms with Crippen molar-refractivity contribution in [3.05, 3.63) is 95.3 Å². The standard InChI is InChI=1S/C25H25N5O2/c26-15-17-1-6-21(7-2-17)30-25(32)23-10-5-20(16-28-23)24(31)29-22-8-3-18(4-9-22)19-11-13-27-14-12-19/h1-11,16,27H,12-15,26H2,(H,29,31)(H,30,32). The molecule has 2 amide bonds. The molecule has 0 unspecified atom stereocenters. The van der Waals surface area contributed by atoms with Gasteiger partial charge in [0, 0.05) is 30.7 Å². The second-order valence-electron chi connectivity index (χ2n) is 7.50. The number of nitrogens with zero attached hydrogens (tertiary/aromatic N) is 1. The Morgan fingerprint density at radius 1 is 0.906 bits per heavy atom. The molecule has 3 aromatic rings. The van der Waals surface area contributed by atoms with Crippen LogP contribution >= 0.6 is 0 Å². The molecule has 0 radical (unpaired) electrons. The molecule has 0 spiro atoms. The molecular formula is C25H25N5O2. The second kappa shape index (κ2) is 10.00. The number of anilines is 2. The van der Waals surface area contributed by atoms with Gasteiger partial charge in [-0.2, -0.15) is 0 Å². The van der Waals surface area contributed by atoms with Crippen LogP contribution < -0.4 is 21.7 Å². The summed E-state index contributed by atoms with van der Waals surface area (Å²) in [5, 5.41) is 8.94. The fraction of sp³-hybridized carbons (Fsp3) is 0.160. The van der Waals surface area contributed by atoms with E-state index in [1.807, 2.05) is 36.4 Å². The Morgan fingerprint density at radius 3 is 2.19 bits per heavy atom. The Bertz CT molecular complexity index is 1120. The normalized spacial score (nSPS) is 13.2. The zero-order valence-electron chi connectivity index (χ0n) is 17.6. The summed E-state index contributed by atoms with van der Waals surface area (Å²) >= 11 is 0. The molecule has 0 aliphatic carbocycles. The first-order valence-electron chi connectivity index (χ1n) is 10.5. The van der Waals surface area contributed by atoms with Gasteiger partial charge in [-0.15, -0.1) is 0 Å². The lowest BCUT2D eigenvalue weighted by atomic mass is 10.00. The van der Waals surface area contributed by atoms with Gasteiger partial charge in [0.15, 0.2) is 0 Å². The number of benzene rings is 2. The van der Waals surface area contributed by atoms with E-state index in [2.05, 4.69) is 27.0 Å². The predicted octanol–water partition coefficient (Wildman–Crippen LogP) is 3.42. The highest BCUT2D eigenvalue weighted by molar-refractivity contribution is 6.06. The van der Waals surface area contributed by atoms with E-state index in [4.69, 9.17) is 5.73 Å². The van der Waals surface area contributed by atoms with Crippen molar-refractivity contribution in [3.63, 3.8) is 0 Å². The Balaban J connectivity index is 1.36. The molecule has 7 heteroatoms. The van der Waals surface area contributed by atoms with Crippen molar-refractivity contribution in [1.29, 1.82) is 0 Å². The van der Waals surface area contributed by atoms with Gasteiger partial charge in [-0.3, -0.25) is 14.6 Å². The van der Waals surface area contributed by atoms with E-state index in [1.54, 1.807) is 18.2 Å². The third-order valence-electron chi connectivity index (χ3n) is 5.28. The molecule has 0 saturated heterocycles. The third kappa shape index (κ3) is 5.26. The van der Waals surface area contributed by atoms with Crippen LogP contribution in [0.2, 0.25) is 0 Å². The summed E-state index contributed by atoms with van der Waals surface area (Å²) in [4.78, 5) is 29.1. The van der Waals surface area contributed by atoms with Gasteiger partial charge in [-0.1, -0.05) is 30.3 Å². The van der Waals surface area contributed by atoms with E-state index < -0.39 is 0 Å². The van der Waals surface area contributed by atoms with Crippen LogP contribution in [0.5, 0.6) is 0 Å². The number of amides is 2. The monoisotopic (exact) mass is 427 g/mol. The van der Waals surface area contributed by atoms with E-state index in [0.717, 1.165) is 25.1 Å². The van der Waals surface area contributed by atoms with Gasteiger partial charge in [-0.25, -0.2) is 0 Å². The quantitative estimate of drug-likeness (QED) is 0.482. The average Bonchev–Trinajstić information content (AvgIpc) is 2.85. The average molecular weight is 428 g/mol. The van der Waals surface area contributed by atoms with E-state index in [0.29, 0.717) is 23.5 Å². The molecule has 2 aromatic carbocycles. The summed E-state index contributed by atoms with van der Waals surface area (Å²) in [7, 11) is 0. The van der Waals surface area contributed by atoms with Crippen molar-refractivity contribution in [2.45, 2.75) is 13.0 Å². The Labute approximate surface area is 186 Å². The first-order valence-corrected chi connectivity index (χ1v) is 10.5. The minimum absolute atomic E-state index is 0.226. The van der Waals surface area contributed by atoms with E-state index >= 15 is 0 Å². The summed E-state index contributed by atoms with van der Waals surface area (Å²) < 4.78 is 0. The smallest absolute Gasteiger partial charge is 0.274 e. The van der Waals surface area contributed by atoms with Gasteiger partial charge >= 0.3 is 0 Å². The largest absolute Gasteiger partial charge is 0.326 e. The van der Waals surface area contributed by atoms with Crippen molar-refractivity contribution in [3.8, 4) is 0 Å². The minimum Gasteiger partial charge on any atom is -0.326 e. The molecule has 5 N–H and O–H groups in total. The number of nitrogens with one attached hydrogen (secondary N) is 3. The summed E-state index contributed by atoms with van der Waals surface area (Å²) in [6.45, 7) is 2.31. The van der Waals surface area contributed by atoms with Crippen LogP contribution in [0.1, 0.15) is 38.4 Å². The fourth-order valence-electron chi connectivity index (χ4n) is 3.44. The van der Waals surface area contributed by atoms with Gasteiger partial charge in [0.2, 0.25) is 0 Å². The van der Waals surface area contributed by atoms with Crippen LogP contribution in [-0.4, -0.2) is 29.9 Å². The first kappa shape index (κ1) is 21.4. The molecule has 0 atom stereocenters. The molecule has 2 heterocycles. The molecule has 7 nitrogen and oxygen atoms in total. The van der Waals surface area contributed by atoms with Gasteiger partial charge in [0.05, 0.1) is 5.56 Å². The zero-order chi connectivity index (χ0) is 22.3. The fourth-order valence-corrected chi connectivity index (χ4v) is 3.44. The summed E-state index contributed by atoms with van der Waals surface area (Å²) in [5.74, 6) is -0.629.